The fraction of sp³-hybridized carbons (Fsp3) is 1.00. The normalized spacial score (nSPS) is 38.6. The van der Waals surface area contributed by atoms with Crippen LogP contribution >= 0.6 is 0 Å². The number of aliphatic hydroxyl groups excluding tert-OH is 1. The number of nitrogens with zero attached hydrogens (tertiary/aromatic N) is 1. The molecule has 0 aromatic rings. The van der Waals surface area contributed by atoms with Crippen molar-refractivity contribution in [3.05, 3.63) is 0 Å². The predicted molar refractivity (Wildman–Crippen MR) is 84.4 cm³/mol. The quantitative estimate of drug-likeness (QED) is 0.784. The predicted octanol–water partition coefficient (Wildman–Crippen LogP) is 1.77. The van der Waals surface area contributed by atoms with Gasteiger partial charge in [-0.25, -0.2) is 0 Å². The summed E-state index contributed by atoms with van der Waals surface area (Å²) in [6, 6.07) is 0.685. The van der Waals surface area contributed by atoms with E-state index in [1.165, 1.54) is 38.6 Å². The Kier molecular flexibility index (Phi) is 5.20. The summed E-state index contributed by atoms with van der Waals surface area (Å²) in [5, 5.41) is 13.8. The summed E-state index contributed by atoms with van der Waals surface area (Å²) in [5.41, 5.74) is 0.0229. The molecule has 0 radical (unpaired) electrons. The molecule has 0 aromatic heterocycles. The maximum Gasteiger partial charge on any atom is 0.0673 e. The summed E-state index contributed by atoms with van der Waals surface area (Å²) >= 11 is 0. The molecule has 2 aliphatic carbocycles. The number of hydrogen-bond acceptors (Lipinski definition) is 4. The van der Waals surface area contributed by atoms with E-state index in [-0.39, 0.29) is 5.54 Å². The minimum Gasteiger partial charge on any atom is -0.394 e. The molecule has 0 spiro atoms. The highest BCUT2D eigenvalue weighted by atomic mass is 16.5. The number of hydrogen-bond donors (Lipinski definition) is 2. The zero-order valence-electron chi connectivity index (χ0n) is 13.5. The summed E-state index contributed by atoms with van der Waals surface area (Å²) in [4.78, 5) is 2.56. The van der Waals surface area contributed by atoms with Crippen molar-refractivity contribution in [1.29, 1.82) is 0 Å². The smallest absolute Gasteiger partial charge is 0.0673 e. The molecule has 1 saturated heterocycles. The van der Waals surface area contributed by atoms with Gasteiger partial charge in [-0.1, -0.05) is 6.42 Å². The molecule has 4 heteroatoms. The third kappa shape index (κ3) is 3.98. The van der Waals surface area contributed by atoms with Gasteiger partial charge in [0.2, 0.25) is 0 Å². The first kappa shape index (κ1) is 15.7. The maximum atomic E-state index is 9.99. The van der Waals surface area contributed by atoms with Crippen molar-refractivity contribution in [2.45, 2.75) is 69.6 Å². The second kappa shape index (κ2) is 6.95. The Hall–Kier alpha value is -0.160. The van der Waals surface area contributed by atoms with Gasteiger partial charge >= 0.3 is 0 Å². The van der Waals surface area contributed by atoms with Crippen molar-refractivity contribution < 1.29 is 9.84 Å². The lowest BCUT2D eigenvalue weighted by molar-refractivity contribution is 0.0644. The summed E-state index contributed by atoms with van der Waals surface area (Å²) in [5.74, 6) is 0.641. The van der Waals surface area contributed by atoms with Crippen molar-refractivity contribution in [1.82, 2.24) is 10.2 Å². The SMILES string of the molecule is CC1CN(CCC2CCCC2(CO)NC2CC2)CCCO1. The molecule has 2 N–H and O–H groups in total. The molecule has 0 aromatic carbocycles. The van der Waals surface area contributed by atoms with Gasteiger partial charge in [-0.3, -0.25) is 0 Å². The van der Waals surface area contributed by atoms with Crippen LogP contribution in [0.5, 0.6) is 0 Å². The summed E-state index contributed by atoms with van der Waals surface area (Å²) in [6.45, 7) is 6.79. The minimum absolute atomic E-state index is 0.0229. The lowest BCUT2D eigenvalue weighted by atomic mass is 9.85. The first-order valence-electron chi connectivity index (χ1n) is 8.94. The van der Waals surface area contributed by atoms with Crippen LogP contribution < -0.4 is 5.32 Å². The van der Waals surface area contributed by atoms with Crippen LogP contribution in [0.3, 0.4) is 0 Å². The standard InChI is InChI=1S/C17H32N2O2/c1-14-12-19(9-3-11-21-14)10-7-15-4-2-8-17(15,13-20)18-16-5-6-16/h14-16,18,20H,2-13H2,1H3. The molecule has 0 amide bonds. The second-order valence-electron chi connectivity index (χ2n) is 7.45. The van der Waals surface area contributed by atoms with Gasteiger partial charge in [-0.05, 0) is 57.9 Å². The summed E-state index contributed by atoms with van der Waals surface area (Å²) in [6.07, 6.45) is 9.04. The van der Waals surface area contributed by atoms with Crippen LogP contribution in [0.2, 0.25) is 0 Å². The van der Waals surface area contributed by atoms with E-state index in [4.69, 9.17) is 4.74 Å². The Morgan fingerprint density at radius 2 is 2.14 bits per heavy atom. The monoisotopic (exact) mass is 296 g/mol. The zero-order chi connectivity index (χ0) is 14.7. The first-order valence-corrected chi connectivity index (χ1v) is 8.94. The third-order valence-corrected chi connectivity index (χ3v) is 5.64. The van der Waals surface area contributed by atoms with Crippen LogP contribution in [0.25, 0.3) is 0 Å². The van der Waals surface area contributed by atoms with E-state index < -0.39 is 0 Å². The second-order valence-corrected chi connectivity index (χ2v) is 7.45. The lowest BCUT2D eigenvalue weighted by Gasteiger charge is -2.36. The molecule has 4 nitrogen and oxygen atoms in total. The zero-order valence-corrected chi connectivity index (χ0v) is 13.5. The van der Waals surface area contributed by atoms with Crippen LogP contribution in [-0.2, 0) is 4.74 Å². The van der Waals surface area contributed by atoms with Crippen LogP contribution in [0.15, 0.2) is 0 Å². The van der Waals surface area contributed by atoms with Gasteiger partial charge in [-0.15, -0.1) is 0 Å². The molecule has 122 valence electrons. The van der Waals surface area contributed by atoms with Crippen molar-refractivity contribution in [3.63, 3.8) is 0 Å². The van der Waals surface area contributed by atoms with Crippen molar-refractivity contribution in [3.8, 4) is 0 Å². The Balaban J connectivity index is 1.52. The van der Waals surface area contributed by atoms with Gasteiger partial charge in [0.25, 0.3) is 0 Å². The van der Waals surface area contributed by atoms with Gasteiger partial charge < -0.3 is 20.1 Å². The largest absolute Gasteiger partial charge is 0.394 e. The number of rotatable bonds is 6. The molecule has 0 bridgehead atoms. The molecule has 2 saturated carbocycles. The lowest BCUT2D eigenvalue weighted by Crippen LogP contribution is -2.53. The van der Waals surface area contributed by atoms with Crippen LogP contribution in [0, 0.1) is 5.92 Å². The molecule has 1 aliphatic heterocycles. The van der Waals surface area contributed by atoms with Gasteiger partial charge in [0, 0.05) is 31.3 Å². The molecule has 3 fully saturated rings. The average molecular weight is 296 g/mol. The van der Waals surface area contributed by atoms with E-state index in [9.17, 15) is 5.11 Å². The highest BCUT2D eigenvalue weighted by Crippen LogP contribution is 2.40. The first-order chi connectivity index (χ1) is 10.2. The Bertz CT molecular complexity index is 335. The van der Waals surface area contributed by atoms with E-state index in [0.717, 1.165) is 32.5 Å². The van der Waals surface area contributed by atoms with E-state index in [1.807, 2.05) is 0 Å². The van der Waals surface area contributed by atoms with Crippen molar-refractivity contribution in [2.75, 3.05) is 32.8 Å². The molecule has 3 unspecified atom stereocenters. The Morgan fingerprint density at radius 1 is 1.29 bits per heavy atom. The topological polar surface area (TPSA) is 44.7 Å². The van der Waals surface area contributed by atoms with E-state index in [0.29, 0.717) is 24.7 Å². The summed E-state index contributed by atoms with van der Waals surface area (Å²) in [7, 11) is 0. The third-order valence-electron chi connectivity index (χ3n) is 5.64. The van der Waals surface area contributed by atoms with Gasteiger partial charge in [0.1, 0.15) is 0 Å². The van der Waals surface area contributed by atoms with Gasteiger partial charge in [0.15, 0.2) is 0 Å². The molecule has 1 heterocycles. The van der Waals surface area contributed by atoms with Crippen LogP contribution in [0.4, 0.5) is 0 Å². The molecule has 3 atom stereocenters. The van der Waals surface area contributed by atoms with Gasteiger partial charge in [0.05, 0.1) is 12.7 Å². The van der Waals surface area contributed by atoms with Crippen LogP contribution in [0.1, 0.15) is 51.9 Å². The Morgan fingerprint density at radius 3 is 2.90 bits per heavy atom. The van der Waals surface area contributed by atoms with Crippen molar-refractivity contribution in [2.24, 2.45) is 5.92 Å². The fourth-order valence-corrected chi connectivity index (χ4v) is 4.26. The minimum atomic E-state index is 0.0229. The maximum absolute atomic E-state index is 9.99. The number of ether oxygens (including phenoxy) is 1. The average Bonchev–Trinajstić information content (AvgIpc) is 3.23. The van der Waals surface area contributed by atoms with E-state index >= 15 is 0 Å². The highest BCUT2D eigenvalue weighted by Gasteiger charge is 2.44. The van der Waals surface area contributed by atoms with Crippen LogP contribution in [-0.4, -0.2) is 60.5 Å². The number of nitrogens with one attached hydrogen (secondary N) is 1. The van der Waals surface area contributed by atoms with Gasteiger partial charge in [-0.2, -0.15) is 0 Å². The molecular weight excluding hydrogens is 264 g/mol. The van der Waals surface area contributed by atoms with E-state index in [2.05, 4.69) is 17.1 Å². The molecular formula is C17H32N2O2. The number of aliphatic hydroxyl groups is 1. The Labute approximate surface area is 129 Å². The summed E-state index contributed by atoms with van der Waals surface area (Å²) < 4.78 is 5.73. The molecule has 3 aliphatic rings. The fourth-order valence-electron chi connectivity index (χ4n) is 4.26. The van der Waals surface area contributed by atoms with E-state index in [1.54, 1.807) is 0 Å². The molecule has 21 heavy (non-hydrogen) atoms. The van der Waals surface area contributed by atoms with Crippen molar-refractivity contribution >= 4 is 0 Å². The molecule has 3 rings (SSSR count). The highest BCUT2D eigenvalue weighted by molar-refractivity contribution is 5.03.